The SMILES string of the molecule is CN1CCCC(C(=O)NC(c2c(F)ccc(Cl)c2F)C2CCCC2)CCNC1=O. The zero-order valence-electron chi connectivity index (χ0n) is 16.6. The number of halogens is 3. The van der Waals surface area contributed by atoms with E-state index >= 15 is 0 Å². The Labute approximate surface area is 175 Å². The summed E-state index contributed by atoms with van der Waals surface area (Å²) >= 11 is 5.91. The maximum Gasteiger partial charge on any atom is 0.317 e. The molecule has 0 aromatic heterocycles. The number of hydrogen-bond acceptors (Lipinski definition) is 2. The number of carbonyl (C=O) groups is 2. The van der Waals surface area contributed by atoms with Crippen LogP contribution in [-0.4, -0.2) is 37.0 Å². The van der Waals surface area contributed by atoms with E-state index < -0.39 is 17.7 Å². The second kappa shape index (κ2) is 9.74. The van der Waals surface area contributed by atoms with E-state index in [1.807, 2.05) is 0 Å². The molecule has 8 heteroatoms. The van der Waals surface area contributed by atoms with Crippen molar-refractivity contribution < 1.29 is 18.4 Å². The summed E-state index contributed by atoms with van der Waals surface area (Å²) in [4.78, 5) is 26.5. The van der Waals surface area contributed by atoms with Crippen molar-refractivity contribution in [3.8, 4) is 0 Å². The fourth-order valence-corrected chi connectivity index (χ4v) is 4.55. The summed E-state index contributed by atoms with van der Waals surface area (Å²) in [6, 6.07) is 1.45. The molecule has 0 bridgehead atoms. The fraction of sp³-hybridized carbons (Fsp3) is 0.619. The van der Waals surface area contributed by atoms with Crippen molar-refractivity contribution in [2.45, 2.75) is 51.0 Å². The molecule has 1 aromatic carbocycles. The summed E-state index contributed by atoms with van der Waals surface area (Å²) in [6.45, 7) is 0.939. The van der Waals surface area contributed by atoms with E-state index in [0.717, 1.165) is 31.7 Å². The standard InChI is InChI=1S/C21H28ClF2N3O2/c1-27-12-4-7-14(10-11-25-21(27)29)20(28)26-19(13-5-2-3-6-13)17-16(23)9-8-15(22)18(17)24/h8-9,13-14,19H,2-7,10-12H2,1H3,(H,25,29)(H,26,28). The van der Waals surface area contributed by atoms with Crippen LogP contribution in [0.15, 0.2) is 12.1 Å². The summed E-state index contributed by atoms with van der Waals surface area (Å²) in [7, 11) is 1.72. The highest BCUT2D eigenvalue weighted by atomic mass is 35.5. The van der Waals surface area contributed by atoms with Crippen LogP contribution in [-0.2, 0) is 4.79 Å². The Kier molecular flexibility index (Phi) is 7.33. The van der Waals surface area contributed by atoms with Crippen LogP contribution in [0.2, 0.25) is 5.02 Å². The van der Waals surface area contributed by atoms with Gasteiger partial charge in [-0.2, -0.15) is 0 Å². The lowest BCUT2D eigenvalue weighted by molar-refractivity contribution is -0.126. The van der Waals surface area contributed by atoms with E-state index in [1.165, 1.54) is 6.07 Å². The largest absolute Gasteiger partial charge is 0.349 e. The minimum atomic E-state index is -0.799. The molecule has 1 heterocycles. The van der Waals surface area contributed by atoms with E-state index in [9.17, 15) is 18.4 Å². The van der Waals surface area contributed by atoms with Crippen molar-refractivity contribution in [3.63, 3.8) is 0 Å². The molecular weight excluding hydrogens is 400 g/mol. The minimum Gasteiger partial charge on any atom is -0.349 e. The number of carbonyl (C=O) groups excluding carboxylic acids is 2. The third kappa shape index (κ3) is 5.18. The van der Waals surface area contributed by atoms with Gasteiger partial charge < -0.3 is 15.5 Å². The summed E-state index contributed by atoms with van der Waals surface area (Å²) in [6.07, 6.45) is 5.36. The first-order valence-electron chi connectivity index (χ1n) is 10.3. The van der Waals surface area contributed by atoms with Crippen LogP contribution < -0.4 is 10.6 Å². The zero-order valence-corrected chi connectivity index (χ0v) is 17.4. The molecule has 2 aliphatic rings. The van der Waals surface area contributed by atoms with Crippen molar-refractivity contribution in [3.05, 3.63) is 34.4 Å². The quantitative estimate of drug-likeness (QED) is 0.699. The average Bonchev–Trinajstić information content (AvgIpc) is 3.24. The predicted octanol–water partition coefficient (Wildman–Crippen LogP) is 4.41. The molecule has 0 radical (unpaired) electrons. The highest BCUT2D eigenvalue weighted by Crippen LogP contribution is 2.39. The van der Waals surface area contributed by atoms with Gasteiger partial charge in [0.1, 0.15) is 11.6 Å². The lowest BCUT2D eigenvalue weighted by Crippen LogP contribution is -2.39. The van der Waals surface area contributed by atoms with Gasteiger partial charge in [0.25, 0.3) is 0 Å². The first-order chi connectivity index (χ1) is 13.9. The number of benzene rings is 1. The summed E-state index contributed by atoms with van der Waals surface area (Å²) in [5, 5.41) is 5.59. The number of nitrogens with one attached hydrogen (secondary N) is 2. The summed E-state index contributed by atoms with van der Waals surface area (Å²) < 4.78 is 29.3. The third-order valence-corrected chi connectivity index (χ3v) is 6.38. The first kappa shape index (κ1) is 21.8. The monoisotopic (exact) mass is 427 g/mol. The molecule has 2 N–H and O–H groups in total. The van der Waals surface area contributed by atoms with Gasteiger partial charge in [0.2, 0.25) is 5.91 Å². The molecule has 2 fully saturated rings. The van der Waals surface area contributed by atoms with Crippen molar-refractivity contribution in [1.29, 1.82) is 0 Å². The molecule has 3 amide bonds. The second-order valence-electron chi connectivity index (χ2n) is 8.07. The van der Waals surface area contributed by atoms with Crippen LogP contribution in [0, 0.1) is 23.5 Å². The van der Waals surface area contributed by atoms with Crippen LogP contribution in [0.4, 0.5) is 13.6 Å². The smallest absolute Gasteiger partial charge is 0.317 e. The minimum absolute atomic E-state index is 0.0245. The third-order valence-electron chi connectivity index (χ3n) is 6.09. The van der Waals surface area contributed by atoms with Crippen molar-refractivity contribution >= 4 is 23.5 Å². The predicted molar refractivity (Wildman–Crippen MR) is 108 cm³/mol. The Morgan fingerprint density at radius 3 is 2.66 bits per heavy atom. The molecule has 3 rings (SSSR count). The lowest BCUT2D eigenvalue weighted by atomic mass is 9.89. The van der Waals surface area contributed by atoms with Gasteiger partial charge in [-0.15, -0.1) is 0 Å². The number of rotatable bonds is 4. The summed E-state index contributed by atoms with van der Waals surface area (Å²) in [5.74, 6) is -2.06. The van der Waals surface area contributed by atoms with E-state index in [2.05, 4.69) is 10.6 Å². The van der Waals surface area contributed by atoms with Gasteiger partial charge in [0.05, 0.1) is 11.1 Å². The Bertz CT molecular complexity index is 756. The van der Waals surface area contributed by atoms with Crippen molar-refractivity contribution in [2.75, 3.05) is 20.1 Å². The Hall–Kier alpha value is -1.89. The van der Waals surface area contributed by atoms with Gasteiger partial charge in [-0.1, -0.05) is 24.4 Å². The number of nitrogens with zero attached hydrogens (tertiary/aromatic N) is 1. The van der Waals surface area contributed by atoms with Gasteiger partial charge in [0, 0.05) is 31.6 Å². The van der Waals surface area contributed by atoms with Crippen LogP contribution in [0.3, 0.4) is 0 Å². The van der Waals surface area contributed by atoms with Crippen LogP contribution in [0.1, 0.15) is 56.6 Å². The average molecular weight is 428 g/mol. The molecule has 1 saturated heterocycles. The molecule has 5 nitrogen and oxygen atoms in total. The van der Waals surface area contributed by atoms with E-state index in [4.69, 9.17) is 11.6 Å². The van der Waals surface area contributed by atoms with Crippen LogP contribution >= 0.6 is 11.6 Å². The molecule has 1 aromatic rings. The van der Waals surface area contributed by atoms with E-state index in [0.29, 0.717) is 32.4 Å². The molecule has 2 unspecified atom stereocenters. The van der Waals surface area contributed by atoms with Gasteiger partial charge in [-0.3, -0.25) is 4.79 Å². The number of hydrogen-bond donors (Lipinski definition) is 2. The maximum atomic E-state index is 14.7. The normalized spacial score (nSPS) is 22.4. The molecular formula is C21H28ClF2N3O2. The molecule has 1 aliphatic heterocycles. The van der Waals surface area contributed by atoms with E-state index in [-0.39, 0.29) is 34.4 Å². The Balaban J connectivity index is 1.80. The van der Waals surface area contributed by atoms with Gasteiger partial charge in [0.15, 0.2) is 0 Å². The molecule has 160 valence electrons. The fourth-order valence-electron chi connectivity index (χ4n) is 4.39. The van der Waals surface area contributed by atoms with Crippen molar-refractivity contribution in [2.24, 2.45) is 11.8 Å². The summed E-state index contributed by atoms with van der Waals surface area (Å²) in [5.41, 5.74) is -0.145. The molecule has 0 spiro atoms. The van der Waals surface area contributed by atoms with Crippen molar-refractivity contribution in [1.82, 2.24) is 15.5 Å². The maximum absolute atomic E-state index is 14.7. The highest BCUT2D eigenvalue weighted by Gasteiger charge is 2.34. The molecule has 1 aliphatic carbocycles. The molecule has 2 atom stereocenters. The second-order valence-corrected chi connectivity index (χ2v) is 8.48. The van der Waals surface area contributed by atoms with Crippen LogP contribution in [0.5, 0.6) is 0 Å². The number of urea groups is 1. The number of amides is 3. The lowest BCUT2D eigenvalue weighted by Gasteiger charge is -2.28. The highest BCUT2D eigenvalue weighted by molar-refractivity contribution is 6.30. The van der Waals surface area contributed by atoms with Gasteiger partial charge in [-0.25, -0.2) is 13.6 Å². The van der Waals surface area contributed by atoms with E-state index in [1.54, 1.807) is 11.9 Å². The van der Waals surface area contributed by atoms with Gasteiger partial charge >= 0.3 is 6.03 Å². The zero-order chi connectivity index (χ0) is 21.0. The van der Waals surface area contributed by atoms with Gasteiger partial charge in [-0.05, 0) is 50.2 Å². The Morgan fingerprint density at radius 2 is 1.93 bits per heavy atom. The molecule has 1 saturated carbocycles. The first-order valence-corrected chi connectivity index (χ1v) is 10.7. The molecule has 29 heavy (non-hydrogen) atoms. The topological polar surface area (TPSA) is 61.4 Å². The van der Waals surface area contributed by atoms with Crippen LogP contribution in [0.25, 0.3) is 0 Å². The Morgan fingerprint density at radius 1 is 1.21 bits per heavy atom.